The van der Waals surface area contributed by atoms with Gasteiger partial charge in [0, 0.05) is 64.4 Å². The minimum Gasteiger partial charge on any atom is -0.434 e. The van der Waals surface area contributed by atoms with Gasteiger partial charge in [0.15, 0.2) is 5.82 Å². The number of ether oxygens (including phenoxy) is 2. The van der Waals surface area contributed by atoms with Crippen LogP contribution in [-0.2, 0) is 4.74 Å². The number of halogens is 1. The molecule has 3 heterocycles. The number of amides is 1. The summed E-state index contributed by atoms with van der Waals surface area (Å²) in [6, 6.07) is 3.92. The van der Waals surface area contributed by atoms with Crippen LogP contribution in [0.4, 0.5) is 10.2 Å². The van der Waals surface area contributed by atoms with Crippen LogP contribution in [0.5, 0.6) is 11.6 Å². The first-order valence-electron chi connectivity index (χ1n) is 16.5. The van der Waals surface area contributed by atoms with Gasteiger partial charge in [0.2, 0.25) is 0 Å². The summed E-state index contributed by atoms with van der Waals surface area (Å²) in [5.74, 6) is 0.663. The van der Waals surface area contributed by atoms with Gasteiger partial charge in [-0.05, 0) is 70.2 Å². The molecule has 12 heteroatoms. The molecule has 2 aliphatic rings. The van der Waals surface area contributed by atoms with Crippen molar-refractivity contribution < 1.29 is 18.7 Å². The molecular weight excluding hydrogens is 605 g/mol. The molecule has 2 aliphatic heterocycles. The van der Waals surface area contributed by atoms with Crippen molar-refractivity contribution in [3.63, 3.8) is 0 Å². The standard InChI is InChI=1S/C34H54FN7O3S/c1-10-42(24(2)3)31(43)27-17-26(35)11-12-28(27)45-30-29(36-23-37-38-30)40-14-13-33(20-40)21-41(22-33)34(46,32(5,6)7)18-25(4)19-39(8)15-16-44-9/h11-12,17,23-25,46H,10,13-16,18-22H2,1-9H3/t25-,34?/m0/s1. The van der Waals surface area contributed by atoms with Crippen molar-refractivity contribution in [3.05, 3.63) is 35.9 Å². The third kappa shape index (κ3) is 7.94. The molecule has 256 valence electrons. The first-order valence-corrected chi connectivity index (χ1v) is 16.9. The predicted molar refractivity (Wildman–Crippen MR) is 183 cm³/mol. The Balaban J connectivity index is 1.48. The molecule has 1 spiro atoms. The van der Waals surface area contributed by atoms with E-state index in [4.69, 9.17) is 22.1 Å². The zero-order chi connectivity index (χ0) is 33.9. The lowest BCUT2D eigenvalue weighted by atomic mass is 9.72. The monoisotopic (exact) mass is 659 g/mol. The lowest BCUT2D eigenvalue weighted by Gasteiger charge is -2.60. The van der Waals surface area contributed by atoms with Crippen LogP contribution in [0.15, 0.2) is 24.5 Å². The molecule has 0 radical (unpaired) electrons. The molecule has 2 atom stereocenters. The summed E-state index contributed by atoms with van der Waals surface area (Å²) < 4.78 is 25.8. The molecular formula is C34H54FN7O3S. The second-order valence-corrected chi connectivity index (χ2v) is 15.4. The second kappa shape index (κ2) is 14.7. The Morgan fingerprint density at radius 3 is 2.54 bits per heavy atom. The number of likely N-dealkylation sites (N-methyl/N-ethyl adjacent to an activating group) is 1. The molecule has 1 unspecified atom stereocenters. The molecule has 1 amide bonds. The number of hydrogen-bond acceptors (Lipinski definition) is 10. The Kier molecular flexibility index (Phi) is 11.6. The highest BCUT2D eigenvalue weighted by Gasteiger charge is 2.56. The van der Waals surface area contributed by atoms with Crippen LogP contribution in [0.2, 0.25) is 0 Å². The number of benzene rings is 1. The van der Waals surface area contributed by atoms with Crippen LogP contribution in [0.25, 0.3) is 0 Å². The van der Waals surface area contributed by atoms with Crippen LogP contribution in [0, 0.1) is 22.6 Å². The maximum absolute atomic E-state index is 14.3. The van der Waals surface area contributed by atoms with Crippen LogP contribution < -0.4 is 9.64 Å². The van der Waals surface area contributed by atoms with Gasteiger partial charge < -0.3 is 24.2 Å². The van der Waals surface area contributed by atoms with Crippen molar-refractivity contribution in [2.45, 2.75) is 72.2 Å². The fourth-order valence-corrected chi connectivity index (χ4v) is 7.48. The smallest absolute Gasteiger partial charge is 0.282 e. The number of thiol groups is 1. The highest BCUT2D eigenvalue weighted by molar-refractivity contribution is 7.81. The molecule has 10 nitrogen and oxygen atoms in total. The number of nitrogens with zero attached hydrogens (tertiary/aromatic N) is 7. The van der Waals surface area contributed by atoms with Crippen molar-refractivity contribution in [2.75, 3.05) is 71.5 Å². The fraction of sp³-hybridized carbons (Fsp3) is 0.706. The number of carbonyl (C=O) groups excluding carboxylic acids is 1. The van der Waals surface area contributed by atoms with E-state index < -0.39 is 5.82 Å². The van der Waals surface area contributed by atoms with Crippen molar-refractivity contribution in [2.24, 2.45) is 16.7 Å². The van der Waals surface area contributed by atoms with Gasteiger partial charge in [0.25, 0.3) is 11.8 Å². The van der Waals surface area contributed by atoms with Crippen molar-refractivity contribution in [3.8, 4) is 11.6 Å². The number of anilines is 1. The Morgan fingerprint density at radius 2 is 1.91 bits per heavy atom. The maximum atomic E-state index is 14.3. The third-order valence-corrected chi connectivity index (χ3v) is 10.8. The number of aromatic nitrogens is 3. The minimum atomic E-state index is -0.507. The number of rotatable bonds is 14. The van der Waals surface area contributed by atoms with Gasteiger partial charge in [0.1, 0.15) is 17.9 Å². The molecule has 2 aromatic rings. The lowest BCUT2D eigenvalue weighted by molar-refractivity contribution is -0.0761. The zero-order valence-corrected chi connectivity index (χ0v) is 30.1. The summed E-state index contributed by atoms with van der Waals surface area (Å²) in [6.07, 6.45) is 3.41. The summed E-state index contributed by atoms with van der Waals surface area (Å²) in [7, 11) is 3.89. The van der Waals surface area contributed by atoms with E-state index in [0.29, 0.717) is 18.3 Å². The SMILES string of the molecule is CCN(C(=O)c1cc(F)ccc1Oc1nncnc1N1CCC2(C1)CN(C(S)(C[C@H](C)CN(C)CCOC)C(C)(C)C)C2)C(C)C. The quantitative estimate of drug-likeness (QED) is 0.266. The maximum Gasteiger partial charge on any atom is 0.282 e. The van der Waals surface area contributed by atoms with Gasteiger partial charge in [-0.2, -0.15) is 12.6 Å². The Labute approximate surface area is 280 Å². The summed E-state index contributed by atoms with van der Waals surface area (Å²) in [6.45, 7) is 21.6. The van der Waals surface area contributed by atoms with Crippen molar-refractivity contribution in [1.82, 2.24) is 29.9 Å². The van der Waals surface area contributed by atoms with E-state index in [1.54, 1.807) is 12.0 Å². The molecule has 46 heavy (non-hydrogen) atoms. The Morgan fingerprint density at radius 1 is 1.20 bits per heavy atom. The van der Waals surface area contributed by atoms with Gasteiger partial charge in [-0.3, -0.25) is 9.69 Å². The minimum absolute atomic E-state index is 0.0276. The number of methoxy groups -OCH3 is 1. The van der Waals surface area contributed by atoms with Crippen LogP contribution in [0.3, 0.4) is 0 Å². The van der Waals surface area contributed by atoms with E-state index in [0.717, 1.165) is 58.7 Å². The molecule has 0 aliphatic carbocycles. The lowest BCUT2D eigenvalue weighted by Crippen LogP contribution is -2.68. The van der Waals surface area contributed by atoms with Crippen LogP contribution >= 0.6 is 12.6 Å². The van der Waals surface area contributed by atoms with Gasteiger partial charge in [-0.1, -0.05) is 27.7 Å². The highest BCUT2D eigenvalue weighted by Crippen LogP contribution is 2.52. The van der Waals surface area contributed by atoms with E-state index in [1.807, 2.05) is 20.8 Å². The Bertz CT molecular complexity index is 1340. The summed E-state index contributed by atoms with van der Waals surface area (Å²) in [5, 5.41) is 8.24. The normalized spacial score (nSPS) is 18.6. The fourth-order valence-electron chi connectivity index (χ4n) is 7.03. The summed E-state index contributed by atoms with van der Waals surface area (Å²) >= 11 is 5.43. The van der Waals surface area contributed by atoms with Gasteiger partial charge in [-0.15, -0.1) is 10.2 Å². The first-order chi connectivity index (χ1) is 21.6. The largest absolute Gasteiger partial charge is 0.434 e. The molecule has 0 bridgehead atoms. The van der Waals surface area contributed by atoms with E-state index in [9.17, 15) is 9.18 Å². The average Bonchev–Trinajstić information content (AvgIpc) is 3.42. The number of hydrogen-bond donors (Lipinski definition) is 1. The molecule has 0 saturated carbocycles. The summed E-state index contributed by atoms with van der Waals surface area (Å²) in [4.78, 5) is 26.5. The molecule has 2 saturated heterocycles. The van der Waals surface area contributed by atoms with E-state index >= 15 is 0 Å². The van der Waals surface area contributed by atoms with Crippen LogP contribution in [0.1, 0.15) is 71.7 Å². The zero-order valence-electron chi connectivity index (χ0n) is 29.2. The molecule has 0 N–H and O–H groups in total. The predicted octanol–water partition coefficient (Wildman–Crippen LogP) is 5.46. The van der Waals surface area contributed by atoms with E-state index in [1.165, 1.54) is 24.5 Å². The number of likely N-dealkylation sites (tertiary alicyclic amines) is 1. The second-order valence-electron chi connectivity index (χ2n) is 14.7. The van der Waals surface area contributed by atoms with Crippen LogP contribution in [-0.4, -0.2) is 113 Å². The molecule has 1 aromatic heterocycles. The average molecular weight is 660 g/mol. The van der Waals surface area contributed by atoms with E-state index in [2.05, 4.69) is 64.6 Å². The summed E-state index contributed by atoms with van der Waals surface area (Å²) in [5.41, 5.74) is 0.224. The highest BCUT2D eigenvalue weighted by atomic mass is 32.1. The topological polar surface area (TPSA) is 87.2 Å². The third-order valence-electron chi connectivity index (χ3n) is 9.62. The number of carbonyl (C=O) groups is 1. The Hall–Kier alpha value is -2.54. The molecule has 2 fully saturated rings. The van der Waals surface area contributed by atoms with Gasteiger partial charge in [0.05, 0.1) is 17.0 Å². The molecule has 1 aromatic carbocycles. The molecule has 4 rings (SSSR count). The van der Waals surface area contributed by atoms with Crippen molar-refractivity contribution in [1.29, 1.82) is 0 Å². The van der Waals surface area contributed by atoms with Gasteiger partial charge in [-0.25, -0.2) is 9.37 Å². The first kappa shape index (κ1) is 36.3. The van der Waals surface area contributed by atoms with E-state index in [-0.39, 0.29) is 44.8 Å². The van der Waals surface area contributed by atoms with Gasteiger partial charge >= 0.3 is 0 Å². The van der Waals surface area contributed by atoms with Crippen molar-refractivity contribution >= 4 is 24.4 Å².